The molecule has 0 spiro atoms. The Hall–Kier alpha value is -2.20. The lowest BCUT2D eigenvalue weighted by atomic mass is 9.88. The van der Waals surface area contributed by atoms with Crippen molar-refractivity contribution in [1.82, 2.24) is 10.3 Å². The number of benzene rings is 1. The van der Waals surface area contributed by atoms with Gasteiger partial charge in [-0.05, 0) is 32.4 Å². The number of primary amides is 1. The molecule has 1 amide bonds. The zero-order chi connectivity index (χ0) is 19.9. The van der Waals surface area contributed by atoms with E-state index in [1.165, 1.54) is 11.3 Å². The molecule has 0 radical (unpaired) electrons. The van der Waals surface area contributed by atoms with Gasteiger partial charge in [0.2, 0.25) is 0 Å². The van der Waals surface area contributed by atoms with Crippen LogP contribution in [0.5, 0.6) is 0 Å². The highest BCUT2D eigenvalue weighted by molar-refractivity contribution is 7.19. The number of aliphatic hydroxyl groups is 3. The first-order valence-electron chi connectivity index (χ1n) is 8.60. The molecule has 3 rings (SSSR count). The molecule has 1 aliphatic rings. The van der Waals surface area contributed by atoms with Crippen molar-refractivity contribution >= 4 is 33.0 Å². The number of rotatable bonds is 5. The molecule has 1 aliphatic carbocycles. The molecule has 4 atom stereocenters. The third-order valence-corrected chi connectivity index (χ3v) is 6.01. The molecule has 8 N–H and O–H groups in total. The fraction of sp³-hybridized carbons (Fsp3) is 0.444. The lowest BCUT2D eigenvalue weighted by Gasteiger charge is -2.28. The number of fused-ring (bicyclic) bond motifs is 1. The van der Waals surface area contributed by atoms with Crippen LogP contribution < -0.4 is 16.8 Å². The van der Waals surface area contributed by atoms with Crippen LogP contribution in [0.4, 0.5) is 0 Å². The average molecular weight is 392 g/mol. The van der Waals surface area contributed by atoms with E-state index < -0.39 is 35.7 Å². The highest BCUT2D eigenvalue weighted by Crippen LogP contribution is 2.35. The van der Waals surface area contributed by atoms with Crippen molar-refractivity contribution in [3.05, 3.63) is 35.1 Å². The van der Waals surface area contributed by atoms with Crippen molar-refractivity contribution < 1.29 is 20.1 Å². The zero-order valence-corrected chi connectivity index (χ0v) is 15.9. The summed E-state index contributed by atoms with van der Waals surface area (Å²) in [7, 11) is 0. The maximum absolute atomic E-state index is 12.0. The van der Waals surface area contributed by atoms with Crippen molar-refractivity contribution in [2.75, 3.05) is 0 Å². The number of carbonyl (C=O) groups is 1. The molecule has 1 heterocycles. The van der Waals surface area contributed by atoms with Crippen LogP contribution in [0.3, 0.4) is 0 Å². The van der Waals surface area contributed by atoms with Crippen molar-refractivity contribution in [2.24, 2.45) is 17.4 Å². The molecule has 0 bridgehead atoms. The van der Waals surface area contributed by atoms with Crippen LogP contribution in [0.2, 0.25) is 0 Å². The molecule has 0 unspecified atom stereocenters. The zero-order valence-electron chi connectivity index (χ0n) is 15.1. The maximum atomic E-state index is 12.0. The van der Waals surface area contributed by atoms with Gasteiger partial charge in [0.05, 0.1) is 28.0 Å². The highest BCUT2D eigenvalue weighted by Gasteiger charge is 2.47. The smallest absolute Gasteiger partial charge is 0.255 e. The minimum Gasteiger partial charge on any atom is -0.390 e. The van der Waals surface area contributed by atoms with Crippen LogP contribution in [0.1, 0.15) is 25.3 Å². The summed E-state index contributed by atoms with van der Waals surface area (Å²) < 4.78 is 0.887. The van der Waals surface area contributed by atoms with Crippen LogP contribution in [0, 0.1) is 5.92 Å². The van der Waals surface area contributed by atoms with Crippen molar-refractivity contribution in [1.29, 1.82) is 0 Å². The second-order valence-electron chi connectivity index (χ2n) is 7.37. The SMILES string of the molecule is CC(C)(O)[C@H]1C[C@@H](N/C(N)=C(/C(N)=O)c2nc3ccccc3s2)[C@H](O)[C@@H]1O. The van der Waals surface area contributed by atoms with E-state index in [4.69, 9.17) is 11.5 Å². The Kier molecular flexibility index (Phi) is 5.13. The first-order valence-corrected chi connectivity index (χ1v) is 9.41. The summed E-state index contributed by atoms with van der Waals surface area (Å²) in [6, 6.07) is 6.77. The van der Waals surface area contributed by atoms with E-state index in [-0.39, 0.29) is 17.8 Å². The monoisotopic (exact) mass is 392 g/mol. The number of amides is 1. The van der Waals surface area contributed by atoms with Crippen molar-refractivity contribution in [2.45, 2.75) is 44.1 Å². The predicted octanol–water partition coefficient (Wildman–Crippen LogP) is -0.120. The summed E-state index contributed by atoms with van der Waals surface area (Å²) in [5, 5.41) is 34.0. The van der Waals surface area contributed by atoms with Gasteiger partial charge in [-0.3, -0.25) is 4.79 Å². The van der Waals surface area contributed by atoms with Crippen LogP contribution in [-0.2, 0) is 4.79 Å². The van der Waals surface area contributed by atoms with E-state index in [1.807, 2.05) is 24.3 Å². The molecule has 8 nitrogen and oxygen atoms in total. The molecule has 1 fully saturated rings. The van der Waals surface area contributed by atoms with Gasteiger partial charge in [-0.25, -0.2) is 4.98 Å². The second kappa shape index (κ2) is 7.08. The number of aromatic nitrogens is 1. The van der Waals surface area contributed by atoms with Crippen LogP contribution >= 0.6 is 11.3 Å². The van der Waals surface area contributed by atoms with Gasteiger partial charge in [0.1, 0.15) is 22.5 Å². The lowest BCUT2D eigenvalue weighted by molar-refractivity contribution is -0.112. The Balaban J connectivity index is 1.91. The van der Waals surface area contributed by atoms with Gasteiger partial charge in [-0.15, -0.1) is 11.3 Å². The quantitative estimate of drug-likeness (QED) is 0.388. The van der Waals surface area contributed by atoms with E-state index >= 15 is 0 Å². The Morgan fingerprint density at radius 3 is 2.48 bits per heavy atom. The molecule has 9 heteroatoms. The number of para-hydroxylation sites is 1. The molecular weight excluding hydrogens is 368 g/mol. The van der Waals surface area contributed by atoms with Crippen molar-refractivity contribution in [3.63, 3.8) is 0 Å². The molecule has 1 aromatic heterocycles. The van der Waals surface area contributed by atoms with E-state index in [2.05, 4.69) is 10.3 Å². The minimum atomic E-state index is -1.17. The Labute approximate surface area is 160 Å². The maximum Gasteiger partial charge on any atom is 0.255 e. The van der Waals surface area contributed by atoms with Gasteiger partial charge in [0.25, 0.3) is 5.91 Å². The van der Waals surface area contributed by atoms with E-state index in [1.54, 1.807) is 13.8 Å². The molecule has 0 saturated heterocycles. The van der Waals surface area contributed by atoms with E-state index in [0.29, 0.717) is 5.01 Å². The molecule has 1 aromatic carbocycles. The van der Waals surface area contributed by atoms with Gasteiger partial charge < -0.3 is 32.1 Å². The number of thiazole rings is 1. The summed E-state index contributed by atoms with van der Waals surface area (Å²) in [6.07, 6.45) is -1.99. The minimum absolute atomic E-state index is 0.0193. The summed E-state index contributed by atoms with van der Waals surface area (Å²) >= 11 is 1.28. The van der Waals surface area contributed by atoms with Crippen LogP contribution in [0.15, 0.2) is 30.1 Å². The summed E-state index contributed by atoms with van der Waals surface area (Å²) in [4.78, 5) is 16.4. The highest BCUT2D eigenvalue weighted by atomic mass is 32.1. The number of aliphatic hydroxyl groups excluding tert-OH is 2. The number of hydrogen-bond acceptors (Lipinski definition) is 8. The number of nitrogens with two attached hydrogens (primary N) is 2. The third-order valence-electron chi connectivity index (χ3n) is 4.95. The Bertz CT molecular complexity index is 856. The third kappa shape index (κ3) is 3.77. The first-order chi connectivity index (χ1) is 12.6. The molecule has 1 saturated carbocycles. The summed E-state index contributed by atoms with van der Waals surface area (Å²) in [5.74, 6) is -1.31. The molecule has 2 aromatic rings. The molecule has 0 aliphatic heterocycles. The Morgan fingerprint density at radius 2 is 1.93 bits per heavy atom. The second-order valence-corrected chi connectivity index (χ2v) is 8.40. The van der Waals surface area contributed by atoms with E-state index in [0.717, 1.165) is 10.2 Å². The normalized spacial score (nSPS) is 26.9. The largest absolute Gasteiger partial charge is 0.390 e. The van der Waals surface area contributed by atoms with Gasteiger partial charge in [-0.1, -0.05) is 12.1 Å². The molecule has 146 valence electrons. The molecular formula is C18H24N4O4S. The first kappa shape index (κ1) is 19.6. The van der Waals surface area contributed by atoms with Gasteiger partial charge in [0, 0.05) is 5.92 Å². The number of nitrogens with zero attached hydrogens (tertiary/aromatic N) is 1. The predicted molar refractivity (Wildman–Crippen MR) is 103 cm³/mol. The number of carbonyl (C=O) groups excluding carboxylic acids is 1. The lowest BCUT2D eigenvalue weighted by Crippen LogP contribution is -2.43. The standard InChI is InChI=1S/C18H24N4O4S/c1-18(2,26)8-7-10(14(24)13(8)23)21-15(19)12(16(20)25)17-22-9-5-3-4-6-11(9)27-17/h3-6,8,10,13-14,21,23-24,26H,7,19H2,1-2H3,(H2,20,25)/b15-12-/t8-,10+,13+,14-/m0/s1. The van der Waals surface area contributed by atoms with Crippen LogP contribution in [0.25, 0.3) is 15.8 Å². The van der Waals surface area contributed by atoms with E-state index in [9.17, 15) is 20.1 Å². The number of nitrogens with one attached hydrogen (secondary N) is 1. The molecule has 27 heavy (non-hydrogen) atoms. The summed E-state index contributed by atoms with van der Waals surface area (Å²) in [5.41, 5.74) is 11.2. The number of hydrogen-bond donors (Lipinski definition) is 6. The topological polar surface area (TPSA) is 155 Å². The van der Waals surface area contributed by atoms with Gasteiger partial charge in [-0.2, -0.15) is 0 Å². The fourth-order valence-corrected chi connectivity index (χ4v) is 4.51. The van der Waals surface area contributed by atoms with Gasteiger partial charge >= 0.3 is 0 Å². The Morgan fingerprint density at radius 1 is 1.26 bits per heavy atom. The fourth-order valence-electron chi connectivity index (χ4n) is 3.48. The van der Waals surface area contributed by atoms with Crippen LogP contribution in [-0.4, -0.2) is 50.1 Å². The van der Waals surface area contributed by atoms with Crippen molar-refractivity contribution in [3.8, 4) is 0 Å². The average Bonchev–Trinajstić information content (AvgIpc) is 3.10. The van der Waals surface area contributed by atoms with Gasteiger partial charge in [0.15, 0.2) is 0 Å². The summed E-state index contributed by atoms with van der Waals surface area (Å²) in [6.45, 7) is 3.15.